The van der Waals surface area contributed by atoms with Crippen LogP contribution in [0.5, 0.6) is 0 Å². The van der Waals surface area contributed by atoms with Gasteiger partial charge in [0, 0.05) is 6.04 Å². The summed E-state index contributed by atoms with van der Waals surface area (Å²) < 4.78 is 0. The highest BCUT2D eigenvalue weighted by Gasteiger charge is 2.05. The highest BCUT2D eigenvalue weighted by molar-refractivity contribution is 4.77. The maximum Gasteiger partial charge on any atom is 0.0865 e. The van der Waals surface area contributed by atoms with Crippen molar-refractivity contribution in [3.05, 3.63) is 0 Å². The van der Waals surface area contributed by atoms with Crippen molar-refractivity contribution in [3.63, 3.8) is 0 Å². The second-order valence-electron chi connectivity index (χ2n) is 2.71. The molecule has 0 fully saturated rings. The largest absolute Gasteiger partial charge is 0.291 e. The van der Waals surface area contributed by atoms with E-state index in [-0.39, 0.29) is 0 Å². The van der Waals surface area contributed by atoms with E-state index >= 15 is 0 Å². The van der Waals surface area contributed by atoms with Crippen LogP contribution in [0.2, 0.25) is 0 Å². The summed E-state index contributed by atoms with van der Waals surface area (Å²) >= 11 is 0. The average molecular weight is 140 g/mol. The summed E-state index contributed by atoms with van der Waals surface area (Å²) in [7, 11) is 1.99. The van der Waals surface area contributed by atoms with E-state index in [9.17, 15) is 0 Å². The van der Waals surface area contributed by atoms with Gasteiger partial charge in [-0.2, -0.15) is 5.26 Å². The smallest absolute Gasteiger partial charge is 0.0865 e. The lowest BCUT2D eigenvalue weighted by Gasteiger charge is -2.20. The van der Waals surface area contributed by atoms with Crippen molar-refractivity contribution < 1.29 is 0 Å². The number of nitriles is 1. The van der Waals surface area contributed by atoms with Crippen LogP contribution in [0.1, 0.15) is 26.7 Å². The zero-order chi connectivity index (χ0) is 7.98. The van der Waals surface area contributed by atoms with Crippen molar-refractivity contribution in [1.82, 2.24) is 4.90 Å². The molecular weight excluding hydrogens is 124 g/mol. The molecular formula is C8H16N2. The first-order chi connectivity index (χ1) is 4.72. The van der Waals surface area contributed by atoms with E-state index in [2.05, 4.69) is 24.8 Å². The van der Waals surface area contributed by atoms with Crippen molar-refractivity contribution in [1.29, 1.82) is 5.26 Å². The third-order valence-corrected chi connectivity index (χ3v) is 1.78. The Labute approximate surface area is 63.4 Å². The lowest BCUT2D eigenvalue weighted by molar-refractivity contribution is 0.272. The SMILES string of the molecule is CCC[C@@H](C)N(C)CC#N. The maximum atomic E-state index is 8.36. The molecule has 0 radical (unpaired) electrons. The van der Waals surface area contributed by atoms with Crippen LogP contribution >= 0.6 is 0 Å². The summed E-state index contributed by atoms with van der Waals surface area (Å²) in [6.45, 7) is 4.86. The van der Waals surface area contributed by atoms with Crippen LogP contribution in [0.3, 0.4) is 0 Å². The summed E-state index contributed by atoms with van der Waals surface area (Å²) in [6.07, 6.45) is 2.37. The fraction of sp³-hybridized carbons (Fsp3) is 0.875. The van der Waals surface area contributed by atoms with Gasteiger partial charge in [0.1, 0.15) is 0 Å². The average Bonchev–Trinajstić information content (AvgIpc) is 1.89. The number of nitrogens with zero attached hydrogens (tertiary/aromatic N) is 2. The van der Waals surface area contributed by atoms with E-state index < -0.39 is 0 Å². The minimum atomic E-state index is 0.543. The van der Waals surface area contributed by atoms with Crippen LogP contribution < -0.4 is 0 Å². The molecule has 0 bridgehead atoms. The van der Waals surface area contributed by atoms with Gasteiger partial charge in [-0.3, -0.25) is 4.90 Å². The van der Waals surface area contributed by atoms with Crippen LogP contribution in [0, 0.1) is 11.3 Å². The maximum absolute atomic E-state index is 8.36. The number of hydrogen-bond donors (Lipinski definition) is 0. The van der Waals surface area contributed by atoms with Gasteiger partial charge in [-0.15, -0.1) is 0 Å². The van der Waals surface area contributed by atoms with Gasteiger partial charge >= 0.3 is 0 Å². The standard InChI is InChI=1S/C8H16N2/c1-4-5-8(2)10(3)7-6-9/h8H,4-5,7H2,1-3H3/t8-/m1/s1. The highest BCUT2D eigenvalue weighted by atomic mass is 15.1. The van der Waals surface area contributed by atoms with Crippen LogP contribution in [-0.4, -0.2) is 24.5 Å². The summed E-state index contributed by atoms with van der Waals surface area (Å²) in [4.78, 5) is 2.07. The zero-order valence-corrected chi connectivity index (χ0v) is 7.09. The molecule has 0 unspecified atom stereocenters. The van der Waals surface area contributed by atoms with Gasteiger partial charge in [-0.05, 0) is 20.4 Å². The van der Waals surface area contributed by atoms with E-state index in [1.54, 1.807) is 0 Å². The Morgan fingerprint density at radius 1 is 1.60 bits per heavy atom. The Bertz CT molecular complexity index is 115. The molecule has 58 valence electrons. The lowest BCUT2D eigenvalue weighted by atomic mass is 10.2. The van der Waals surface area contributed by atoms with E-state index in [4.69, 9.17) is 5.26 Å². The van der Waals surface area contributed by atoms with Crippen molar-refractivity contribution in [2.75, 3.05) is 13.6 Å². The summed E-state index contributed by atoms with van der Waals surface area (Å²) in [6, 6.07) is 2.68. The van der Waals surface area contributed by atoms with Gasteiger partial charge < -0.3 is 0 Å². The predicted octanol–water partition coefficient (Wildman–Crippen LogP) is 1.63. The topological polar surface area (TPSA) is 27.0 Å². The van der Waals surface area contributed by atoms with Gasteiger partial charge in [0.2, 0.25) is 0 Å². The molecule has 0 aliphatic heterocycles. The Morgan fingerprint density at radius 3 is 2.60 bits per heavy atom. The van der Waals surface area contributed by atoms with Crippen molar-refractivity contribution >= 4 is 0 Å². The first-order valence-electron chi connectivity index (χ1n) is 3.79. The van der Waals surface area contributed by atoms with Gasteiger partial charge in [-0.25, -0.2) is 0 Å². The summed E-state index contributed by atoms with van der Waals surface area (Å²) in [5, 5.41) is 8.36. The van der Waals surface area contributed by atoms with Crippen LogP contribution in [0.4, 0.5) is 0 Å². The van der Waals surface area contributed by atoms with E-state index in [0.29, 0.717) is 12.6 Å². The quantitative estimate of drug-likeness (QED) is 0.555. The minimum absolute atomic E-state index is 0.543. The molecule has 10 heavy (non-hydrogen) atoms. The Balaban J connectivity index is 3.50. The molecule has 0 aromatic rings. The third-order valence-electron chi connectivity index (χ3n) is 1.78. The molecule has 0 aromatic heterocycles. The minimum Gasteiger partial charge on any atom is -0.291 e. The van der Waals surface area contributed by atoms with E-state index in [1.807, 2.05) is 7.05 Å². The van der Waals surface area contributed by atoms with Gasteiger partial charge in [0.15, 0.2) is 0 Å². The number of hydrogen-bond acceptors (Lipinski definition) is 2. The van der Waals surface area contributed by atoms with E-state index in [0.717, 1.165) is 0 Å². The molecule has 2 nitrogen and oxygen atoms in total. The Hall–Kier alpha value is -0.550. The monoisotopic (exact) mass is 140 g/mol. The molecule has 0 aliphatic carbocycles. The molecule has 0 rings (SSSR count). The fourth-order valence-corrected chi connectivity index (χ4v) is 0.906. The molecule has 1 atom stereocenters. The molecule has 2 heteroatoms. The molecule has 0 amide bonds. The molecule has 0 heterocycles. The lowest BCUT2D eigenvalue weighted by Crippen LogP contribution is -2.28. The van der Waals surface area contributed by atoms with Crippen molar-refractivity contribution in [3.8, 4) is 6.07 Å². The summed E-state index contributed by atoms with van der Waals surface area (Å²) in [5.41, 5.74) is 0. The Kier molecular flexibility index (Phi) is 4.96. The van der Waals surface area contributed by atoms with Gasteiger partial charge in [-0.1, -0.05) is 13.3 Å². The molecule has 0 spiro atoms. The Morgan fingerprint density at radius 2 is 2.20 bits per heavy atom. The van der Waals surface area contributed by atoms with E-state index in [1.165, 1.54) is 12.8 Å². The third kappa shape index (κ3) is 3.47. The molecule has 0 N–H and O–H groups in total. The van der Waals surface area contributed by atoms with Crippen LogP contribution in [0.25, 0.3) is 0 Å². The van der Waals surface area contributed by atoms with Gasteiger partial charge in [0.25, 0.3) is 0 Å². The highest BCUT2D eigenvalue weighted by Crippen LogP contribution is 2.02. The molecule has 0 saturated carbocycles. The fourth-order valence-electron chi connectivity index (χ4n) is 0.906. The molecule has 0 aromatic carbocycles. The normalized spacial score (nSPS) is 13.1. The first-order valence-corrected chi connectivity index (χ1v) is 3.79. The van der Waals surface area contributed by atoms with Gasteiger partial charge in [0.05, 0.1) is 12.6 Å². The molecule has 0 aliphatic rings. The molecule has 0 saturated heterocycles. The second kappa shape index (κ2) is 5.25. The number of rotatable bonds is 4. The van der Waals surface area contributed by atoms with Crippen LogP contribution in [0.15, 0.2) is 0 Å². The van der Waals surface area contributed by atoms with Crippen molar-refractivity contribution in [2.24, 2.45) is 0 Å². The van der Waals surface area contributed by atoms with Crippen LogP contribution in [-0.2, 0) is 0 Å². The second-order valence-corrected chi connectivity index (χ2v) is 2.71. The zero-order valence-electron chi connectivity index (χ0n) is 7.09. The van der Waals surface area contributed by atoms with Crippen molar-refractivity contribution in [2.45, 2.75) is 32.7 Å². The first kappa shape index (κ1) is 9.45. The predicted molar refractivity (Wildman–Crippen MR) is 42.6 cm³/mol. The summed E-state index contributed by atoms with van der Waals surface area (Å²) in [5.74, 6) is 0.